The normalized spacial score (nSPS) is 13.8. The van der Waals surface area contributed by atoms with Crippen molar-refractivity contribution in [1.82, 2.24) is 0 Å². The van der Waals surface area contributed by atoms with Crippen LogP contribution in [0.2, 0.25) is 0 Å². The Labute approximate surface area is 217 Å². The van der Waals surface area contributed by atoms with Crippen molar-refractivity contribution in [3.63, 3.8) is 0 Å². The highest BCUT2D eigenvalue weighted by atomic mass is 32.1. The van der Waals surface area contributed by atoms with Crippen molar-refractivity contribution in [3.8, 4) is 46.4 Å². The number of nitriles is 4. The molecule has 0 atom stereocenters. The van der Waals surface area contributed by atoms with E-state index in [1.807, 2.05) is 48.6 Å². The summed E-state index contributed by atoms with van der Waals surface area (Å²) < 4.78 is 24.0. The van der Waals surface area contributed by atoms with Crippen molar-refractivity contribution < 1.29 is 18.6 Å². The second kappa shape index (κ2) is 12.0. The van der Waals surface area contributed by atoms with Crippen molar-refractivity contribution in [1.29, 1.82) is 21.0 Å². The summed E-state index contributed by atoms with van der Waals surface area (Å²) in [6.45, 7) is 0.825. The third-order valence-electron chi connectivity index (χ3n) is 5.07. The number of hydrogen-bond acceptors (Lipinski definition) is 9. The van der Waals surface area contributed by atoms with Gasteiger partial charge in [0.2, 0.25) is 0 Å². The standard InChI is InChI=1S/C28H18N4O4S/c29-15-19(16-30)5-1-2-7-22-11-12-24(36-22)28-26-25(33-13-14-34-26)27(37-28)23-10-4-9-21(35-23)8-3-6-20(17-31)18-32/h2-3,5-12H,1,4,13-14H2/b7-2+,8-3+. The molecule has 4 heterocycles. The van der Waals surface area contributed by atoms with Gasteiger partial charge in [-0.15, -0.1) is 11.3 Å². The molecule has 0 bridgehead atoms. The lowest BCUT2D eigenvalue weighted by Crippen LogP contribution is -2.15. The molecule has 8 nitrogen and oxygen atoms in total. The van der Waals surface area contributed by atoms with Gasteiger partial charge in [0, 0.05) is 0 Å². The Morgan fingerprint density at radius 3 is 2.35 bits per heavy atom. The maximum atomic E-state index is 8.87. The molecule has 0 unspecified atom stereocenters. The fourth-order valence-corrected chi connectivity index (χ4v) is 4.53. The number of ether oxygens (including phenoxy) is 3. The molecule has 0 saturated carbocycles. The highest BCUT2D eigenvalue weighted by Gasteiger charge is 2.30. The Morgan fingerprint density at radius 1 is 0.892 bits per heavy atom. The lowest BCUT2D eigenvalue weighted by atomic mass is 10.2. The van der Waals surface area contributed by atoms with Gasteiger partial charge < -0.3 is 18.6 Å². The zero-order chi connectivity index (χ0) is 26.0. The van der Waals surface area contributed by atoms with E-state index < -0.39 is 0 Å². The molecule has 2 aromatic heterocycles. The second-order valence-corrected chi connectivity index (χ2v) is 8.49. The number of allylic oxidation sites excluding steroid dienone is 9. The molecule has 2 aliphatic rings. The van der Waals surface area contributed by atoms with E-state index in [4.69, 9.17) is 39.7 Å². The number of fused-ring (bicyclic) bond motifs is 1. The lowest BCUT2D eigenvalue weighted by Gasteiger charge is -2.19. The minimum Gasteiger partial charge on any atom is -0.484 e. The monoisotopic (exact) mass is 506 g/mol. The predicted octanol–water partition coefficient (Wildman–Crippen LogP) is 6.33. The quantitative estimate of drug-likeness (QED) is 0.314. The van der Waals surface area contributed by atoms with Crippen molar-refractivity contribution in [2.75, 3.05) is 13.2 Å². The first kappa shape index (κ1) is 24.9. The molecule has 4 rings (SSSR count). The number of hydrogen-bond donors (Lipinski definition) is 0. The number of nitrogens with zero attached hydrogens (tertiary/aromatic N) is 4. The Kier molecular flexibility index (Phi) is 8.04. The van der Waals surface area contributed by atoms with E-state index in [0.29, 0.717) is 60.6 Å². The van der Waals surface area contributed by atoms with Crippen LogP contribution in [-0.4, -0.2) is 13.2 Å². The van der Waals surface area contributed by atoms with Crippen molar-refractivity contribution in [2.24, 2.45) is 0 Å². The molecule has 0 aromatic carbocycles. The minimum absolute atomic E-state index is 0.00385. The van der Waals surface area contributed by atoms with E-state index >= 15 is 0 Å². The van der Waals surface area contributed by atoms with Crippen LogP contribution >= 0.6 is 11.3 Å². The van der Waals surface area contributed by atoms with Crippen LogP contribution < -0.4 is 9.47 Å². The van der Waals surface area contributed by atoms with E-state index in [2.05, 4.69) is 0 Å². The van der Waals surface area contributed by atoms with Gasteiger partial charge in [0.25, 0.3) is 0 Å². The first-order valence-electron chi connectivity index (χ1n) is 11.1. The van der Waals surface area contributed by atoms with Crippen molar-refractivity contribution >= 4 is 23.2 Å². The van der Waals surface area contributed by atoms with Crippen LogP contribution in [-0.2, 0) is 4.74 Å². The predicted molar refractivity (Wildman–Crippen MR) is 136 cm³/mol. The van der Waals surface area contributed by atoms with Gasteiger partial charge in [-0.2, -0.15) is 21.0 Å². The molecule has 0 fully saturated rings. The summed E-state index contributed by atoms with van der Waals surface area (Å²) in [5.74, 6) is 3.62. The fourth-order valence-electron chi connectivity index (χ4n) is 3.40. The molecule has 2 aliphatic heterocycles. The molecule has 9 heteroatoms. The molecule has 0 aliphatic carbocycles. The first-order valence-corrected chi connectivity index (χ1v) is 11.9. The minimum atomic E-state index is 0.00385. The molecule has 2 aromatic rings. The third kappa shape index (κ3) is 5.89. The van der Waals surface area contributed by atoms with Gasteiger partial charge >= 0.3 is 0 Å². The van der Waals surface area contributed by atoms with Crippen LogP contribution in [0.25, 0.3) is 22.5 Å². The average molecular weight is 507 g/mol. The summed E-state index contributed by atoms with van der Waals surface area (Å²) in [6, 6.07) is 10.9. The largest absolute Gasteiger partial charge is 0.484 e. The van der Waals surface area contributed by atoms with E-state index in [9.17, 15) is 0 Å². The lowest BCUT2D eigenvalue weighted by molar-refractivity contribution is 0.173. The summed E-state index contributed by atoms with van der Waals surface area (Å²) in [7, 11) is 0. The molecular formula is C28H18N4O4S. The van der Waals surface area contributed by atoms with E-state index in [0.717, 1.165) is 9.75 Å². The van der Waals surface area contributed by atoms with E-state index in [1.54, 1.807) is 30.4 Å². The van der Waals surface area contributed by atoms with Gasteiger partial charge in [0.15, 0.2) is 11.5 Å². The zero-order valence-electron chi connectivity index (χ0n) is 19.4. The molecule has 0 amide bonds. The second-order valence-electron chi connectivity index (χ2n) is 7.47. The average Bonchev–Trinajstić information content (AvgIpc) is 3.56. The summed E-state index contributed by atoms with van der Waals surface area (Å²) >= 11 is 1.43. The number of thiophene rings is 1. The summed E-state index contributed by atoms with van der Waals surface area (Å²) in [4.78, 5) is 1.54. The Balaban J connectivity index is 1.55. The topological polar surface area (TPSA) is 136 Å². The summed E-state index contributed by atoms with van der Waals surface area (Å²) in [5.41, 5.74) is 0.0714. The molecular weight excluding hydrogens is 488 g/mol. The van der Waals surface area contributed by atoms with Gasteiger partial charge in [-0.3, -0.25) is 0 Å². The fraction of sp³-hybridized carbons (Fsp3) is 0.143. The number of furan rings is 1. The molecule has 0 radical (unpaired) electrons. The van der Waals surface area contributed by atoms with Gasteiger partial charge in [0.1, 0.15) is 81.4 Å². The summed E-state index contributed by atoms with van der Waals surface area (Å²) in [5, 5.41) is 35.4. The molecule has 0 saturated heterocycles. The Morgan fingerprint density at radius 2 is 1.62 bits per heavy atom. The van der Waals surface area contributed by atoms with Gasteiger partial charge in [-0.05, 0) is 55.4 Å². The summed E-state index contributed by atoms with van der Waals surface area (Å²) in [6.07, 6.45) is 14.7. The molecule has 0 spiro atoms. The Hall–Kier alpha value is -5.22. The van der Waals surface area contributed by atoms with Gasteiger partial charge in [-0.1, -0.05) is 18.2 Å². The maximum absolute atomic E-state index is 8.87. The highest BCUT2D eigenvalue weighted by Crippen LogP contribution is 2.52. The number of rotatable bonds is 7. The van der Waals surface area contributed by atoms with Crippen molar-refractivity contribution in [2.45, 2.75) is 12.8 Å². The SMILES string of the molecule is N#CC(C#N)=C/C=C/C1=CCC=C(c2sc(-c3ccc(/C=C/CC=C(C#N)C#N)o3)c3c2OCCO3)O1. The molecule has 0 N–H and O–H groups in total. The van der Waals surface area contributed by atoms with E-state index in [1.165, 1.54) is 17.4 Å². The molecule has 37 heavy (non-hydrogen) atoms. The first-order chi connectivity index (χ1) is 18.2. The van der Waals surface area contributed by atoms with Crippen LogP contribution in [0.4, 0.5) is 0 Å². The zero-order valence-corrected chi connectivity index (χ0v) is 20.2. The van der Waals surface area contributed by atoms with Crippen LogP contribution in [0.5, 0.6) is 11.5 Å². The van der Waals surface area contributed by atoms with Crippen LogP contribution in [0, 0.1) is 45.3 Å². The molecule has 180 valence electrons. The van der Waals surface area contributed by atoms with Crippen LogP contribution in [0.15, 0.2) is 76.0 Å². The third-order valence-corrected chi connectivity index (χ3v) is 6.25. The van der Waals surface area contributed by atoms with Gasteiger partial charge in [0.05, 0.1) is 0 Å². The van der Waals surface area contributed by atoms with Gasteiger partial charge in [-0.25, -0.2) is 0 Å². The maximum Gasteiger partial charge on any atom is 0.183 e. The van der Waals surface area contributed by atoms with Crippen molar-refractivity contribution in [3.05, 3.63) is 82.2 Å². The Bertz CT molecular complexity index is 1520. The smallest absolute Gasteiger partial charge is 0.183 e. The van der Waals surface area contributed by atoms with E-state index in [-0.39, 0.29) is 11.1 Å². The highest BCUT2D eigenvalue weighted by molar-refractivity contribution is 7.17. The van der Waals surface area contributed by atoms with Crippen LogP contribution in [0.1, 0.15) is 23.5 Å². The van der Waals surface area contributed by atoms with Crippen LogP contribution in [0.3, 0.4) is 0 Å².